The molecule has 118 valence electrons. The largest absolute Gasteiger partial charge is 0.467 e. The summed E-state index contributed by atoms with van der Waals surface area (Å²) < 4.78 is 5.41. The molecule has 0 saturated carbocycles. The number of rotatable bonds is 7. The van der Waals surface area contributed by atoms with Crippen molar-refractivity contribution in [3.63, 3.8) is 0 Å². The van der Waals surface area contributed by atoms with E-state index in [2.05, 4.69) is 12.1 Å². The third-order valence-electron chi connectivity index (χ3n) is 3.70. The van der Waals surface area contributed by atoms with E-state index in [9.17, 15) is 4.79 Å². The summed E-state index contributed by atoms with van der Waals surface area (Å²) in [5.74, 6) is 0.956. The second-order valence-corrected chi connectivity index (χ2v) is 6.42. The third kappa shape index (κ3) is 4.57. The van der Waals surface area contributed by atoms with E-state index < -0.39 is 0 Å². The Morgan fingerprint density at radius 3 is 2.61 bits per heavy atom. The minimum atomic E-state index is 0.139. The second kappa shape index (κ2) is 7.79. The van der Waals surface area contributed by atoms with Crippen molar-refractivity contribution in [2.24, 2.45) is 0 Å². The molecule has 0 saturated heterocycles. The van der Waals surface area contributed by atoms with E-state index in [4.69, 9.17) is 4.42 Å². The highest BCUT2D eigenvalue weighted by atomic mass is 32.1. The lowest BCUT2D eigenvalue weighted by Crippen LogP contribution is -2.33. The first-order valence-corrected chi connectivity index (χ1v) is 8.56. The van der Waals surface area contributed by atoms with Gasteiger partial charge in [0.15, 0.2) is 0 Å². The molecular weight excluding hydrogens is 306 g/mol. The van der Waals surface area contributed by atoms with Crippen molar-refractivity contribution < 1.29 is 9.21 Å². The lowest BCUT2D eigenvalue weighted by Gasteiger charge is -2.21. The summed E-state index contributed by atoms with van der Waals surface area (Å²) in [5, 5.41) is 2.00. The fourth-order valence-electron chi connectivity index (χ4n) is 2.47. The molecule has 0 aliphatic heterocycles. The first-order valence-electron chi connectivity index (χ1n) is 7.68. The Bertz CT molecular complexity index is 705. The molecule has 3 aromatic rings. The molecular formula is C19H19NO2S. The molecule has 0 radical (unpaired) electrons. The van der Waals surface area contributed by atoms with Crippen LogP contribution in [0.25, 0.3) is 0 Å². The normalized spacial score (nSPS) is 10.6. The maximum absolute atomic E-state index is 12.6. The summed E-state index contributed by atoms with van der Waals surface area (Å²) in [6.45, 7) is 1.21. The van der Waals surface area contributed by atoms with Gasteiger partial charge in [0.05, 0.1) is 19.2 Å². The highest BCUT2D eigenvalue weighted by Gasteiger charge is 2.16. The smallest absolute Gasteiger partial charge is 0.228 e. The number of amides is 1. The molecule has 0 spiro atoms. The molecule has 1 aromatic carbocycles. The lowest BCUT2D eigenvalue weighted by molar-refractivity contribution is -0.131. The fourth-order valence-corrected chi connectivity index (χ4v) is 3.16. The number of thiophene rings is 1. The molecule has 0 N–H and O–H groups in total. The minimum absolute atomic E-state index is 0.139. The van der Waals surface area contributed by atoms with Gasteiger partial charge >= 0.3 is 0 Å². The fraction of sp³-hybridized carbons (Fsp3) is 0.211. The molecule has 3 nitrogen and oxygen atoms in total. The predicted molar refractivity (Wildman–Crippen MR) is 92.3 cm³/mol. The van der Waals surface area contributed by atoms with Crippen LogP contribution in [0.5, 0.6) is 0 Å². The van der Waals surface area contributed by atoms with Crippen LogP contribution in [0.1, 0.15) is 16.2 Å². The highest BCUT2D eigenvalue weighted by Crippen LogP contribution is 2.14. The van der Waals surface area contributed by atoms with E-state index in [0.717, 1.165) is 17.1 Å². The molecule has 0 fully saturated rings. The van der Waals surface area contributed by atoms with Crippen molar-refractivity contribution in [3.8, 4) is 0 Å². The summed E-state index contributed by atoms with van der Waals surface area (Å²) in [5.41, 5.74) is 1.24. The van der Waals surface area contributed by atoms with E-state index >= 15 is 0 Å². The number of hydrogen-bond acceptors (Lipinski definition) is 3. The molecule has 23 heavy (non-hydrogen) atoms. The molecule has 0 aliphatic carbocycles. The van der Waals surface area contributed by atoms with Crippen LogP contribution in [0.15, 0.2) is 70.7 Å². The minimum Gasteiger partial charge on any atom is -0.467 e. The van der Waals surface area contributed by atoms with Gasteiger partial charge in [0, 0.05) is 11.4 Å². The van der Waals surface area contributed by atoms with Gasteiger partial charge in [0.2, 0.25) is 5.91 Å². The predicted octanol–water partition coefficient (Wildman–Crippen LogP) is 4.16. The molecule has 0 aliphatic rings. The Morgan fingerprint density at radius 1 is 1.04 bits per heavy atom. The van der Waals surface area contributed by atoms with Crippen LogP contribution in [-0.4, -0.2) is 17.4 Å². The summed E-state index contributed by atoms with van der Waals surface area (Å²) in [6, 6.07) is 18.0. The first kappa shape index (κ1) is 15.6. The zero-order chi connectivity index (χ0) is 15.9. The van der Waals surface area contributed by atoms with Gasteiger partial charge < -0.3 is 9.32 Å². The van der Waals surface area contributed by atoms with Crippen LogP contribution in [0.2, 0.25) is 0 Å². The van der Waals surface area contributed by atoms with Gasteiger partial charge in [-0.2, -0.15) is 0 Å². The van der Waals surface area contributed by atoms with Gasteiger partial charge in [-0.1, -0.05) is 36.4 Å². The number of carbonyl (C=O) groups excluding carboxylic acids is 1. The van der Waals surface area contributed by atoms with Crippen LogP contribution in [0.4, 0.5) is 0 Å². The van der Waals surface area contributed by atoms with E-state index in [1.807, 2.05) is 52.7 Å². The maximum atomic E-state index is 12.6. The lowest BCUT2D eigenvalue weighted by atomic mass is 10.1. The van der Waals surface area contributed by atoms with Crippen molar-refractivity contribution in [1.29, 1.82) is 0 Å². The number of furan rings is 1. The molecule has 2 heterocycles. The van der Waals surface area contributed by atoms with Crippen molar-refractivity contribution in [3.05, 3.63) is 82.4 Å². The summed E-state index contributed by atoms with van der Waals surface area (Å²) in [4.78, 5) is 15.6. The zero-order valence-corrected chi connectivity index (χ0v) is 13.7. The van der Waals surface area contributed by atoms with Crippen LogP contribution < -0.4 is 0 Å². The molecule has 1 amide bonds. The number of hydrogen-bond donors (Lipinski definition) is 0. The first-order chi connectivity index (χ1) is 11.3. The van der Waals surface area contributed by atoms with Gasteiger partial charge in [-0.25, -0.2) is 0 Å². The van der Waals surface area contributed by atoms with E-state index in [1.54, 1.807) is 17.6 Å². The van der Waals surface area contributed by atoms with E-state index in [0.29, 0.717) is 19.5 Å². The van der Waals surface area contributed by atoms with Crippen molar-refractivity contribution in [2.75, 3.05) is 6.54 Å². The molecule has 2 aromatic heterocycles. The Hall–Kier alpha value is -2.33. The van der Waals surface area contributed by atoms with Crippen LogP contribution in [0, 0.1) is 0 Å². The van der Waals surface area contributed by atoms with Crippen LogP contribution in [-0.2, 0) is 24.2 Å². The second-order valence-electron chi connectivity index (χ2n) is 5.39. The molecule has 3 rings (SSSR count). The van der Waals surface area contributed by atoms with Crippen LogP contribution >= 0.6 is 11.3 Å². The summed E-state index contributed by atoms with van der Waals surface area (Å²) in [6.07, 6.45) is 2.94. The van der Waals surface area contributed by atoms with Gasteiger partial charge in [-0.15, -0.1) is 11.3 Å². The Kier molecular flexibility index (Phi) is 5.27. The molecule has 0 unspecified atom stereocenters. The number of nitrogens with zero attached hydrogens (tertiary/aromatic N) is 1. The van der Waals surface area contributed by atoms with Gasteiger partial charge in [-0.3, -0.25) is 4.79 Å². The summed E-state index contributed by atoms with van der Waals surface area (Å²) in [7, 11) is 0. The third-order valence-corrected chi connectivity index (χ3v) is 4.57. The average molecular weight is 325 g/mol. The van der Waals surface area contributed by atoms with Crippen molar-refractivity contribution >= 4 is 17.2 Å². The van der Waals surface area contributed by atoms with E-state index in [1.165, 1.54) is 5.56 Å². The highest BCUT2D eigenvalue weighted by molar-refractivity contribution is 7.10. The Morgan fingerprint density at radius 2 is 1.91 bits per heavy atom. The maximum Gasteiger partial charge on any atom is 0.228 e. The van der Waals surface area contributed by atoms with Crippen LogP contribution in [0.3, 0.4) is 0 Å². The number of carbonyl (C=O) groups is 1. The monoisotopic (exact) mass is 325 g/mol. The number of benzene rings is 1. The zero-order valence-electron chi connectivity index (χ0n) is 12.9. The van der Waals surface area contributed by atoms with Gasteiger partial charge in [-0.05, 0) is 35.6 Å². The Labute approximate surface area is 140 Å². The quantitative estimate of drug-likeness (QED) is 0.654. The van der Waals surface area contributed by atoms with E-state index in [-0.39, 0.29) is 5.91 Å². The summed E-state index contributed by atoms with van der Waals surface area (Å²) >= 11 is 1.62. The molecule has 0 atom stereocenters. The molecule has 4 heteroatoms. The SMILES string of the molecule is O=C(Cc1cccs1)N(CCc1ccccc1)Cc1ccco1. The van der Waals surface area contributed by atoms with Gasteiger partial charge in [0.1, 0.15) is 5.76 Å². The topological polar surface area (TPSA) is 33.5 Å². The average Bonchev–Trinajstić information content (AvgIpc) is 3.26. The van der Waals surface area contributed by atoms with Crippen molar-refractivity contribution in [2.45, 2.75) is 19.4 Å². The molecule has 0 bridgehead atoms. The standard InChI is InChI=1S/C19H19NO2S/c21-19(14-18-9-5-13-23-18)20(15-17-8-4-12-22-17)11-10-16-6-2-1-3-7-16/h1-9,12-13H,10-11,14-15H2. The van der Waals surface area contributed by atoms with Gasteiger partial charge in [0.25, 0.3) is 0 Å². The Balaban J connectivity index is 1.66. The van der Waals surface area contributed by atoms with Crippen molar-refractivity contribution in [1.82, 2.24) is 4.90 Å².